The molecule has 0 fully saturated rings. The standard InChI is InChI=1S/C10H13NO4/c1-6-5-8(3-4-12)9(11(14)15)7(2)10(6)13/h5,12-13H,3-4H2,1-2H3. The molecule has 0 aliphatic heterocycles. The second-order valence-electron chi connectivity index (χ2n) is 3.41. The lowest BCUT2D eigenvalue weighted by molar-refractivity contribution is -0.386. The lowest BCUT2D eigenvalue weighted by Gasteiger charge is -2.08. The minimum absolute atomic E-state index is 0.0524. The molecule has 0 atom stereocenters. The molecule has 82 valence electrons. The Morgan fingerprint density at radius 3 is 2.53 bits per heavy atom. The van der Waals surface area contributed by atoms with Crippen LogP contribution in [0.2, 0.25) is 0 Å². The monoisotopic (exact) mass is 211 g/mol. The zero-order valence-corrected chi connectivity index (χ0v) is 8.65. The fourth-order valence-electron chi connectivity index (χ4n) is 1.61. The van der Waals surface area contributed by atoms with Crippen LogP contribution in [0.25, 0.3) is 0 Å². The average molecular weight is 211 g/mol. The number of aromatic hydroxyl groups is 1. The van der Waals surface area contributed by atoms with Crippen molar-refractivity contribution in [1.82, 2.24) is 0 Å². The molecule has 0 spiro atoms. The number of aliphatic hydroxyl groups is 1. The number of phenols is 1. The molecule has 5 heteroatoms. The first-order chi connectivity index (χ1) is 6.99. The Labute approximate surface area is 87.1 Å². The van der Waals surface area contributed by atoms with Crippen molar-refractivity contribution in [1.29, 1.82) is 0 Å². The van der Waals surface area contributed by atoms with Crippen LogP contribution in [0.5, 0.6) is 5.75 Å². The third-order valence-electron chi connectivity index (χ3n) is 2.34. The van der Waals surface area contributed by atoms with Gasteiger partial charge in [0.2, 0.25) is 0 Å². The predicted molar refractivity (Wildman–Crippen MR) is 55.0 cm³/mol. The van der Waals surface area contributed by atoms with Crippen molar-refractivity contribution in [2.75, 3.05) is 6.61 Å². The van der Waals surface area contributed by atoms with E-state index in [1.807, 2.05) is 0 Å². The van der Waals surface area contributed by atoms with Gasteiger partial charge in [0.25, 0.3) is 5.69 Å². The van der Waals surface area contributed by atoms with Gasteiger partial charge in [-0.05, 0) is 25.5 Å². The van der Waals surface area contributed by atoms with Crippen molar-refractivity contribution < 1.29 is 15.1 Å². The fraction of sp³-hybridized carbons (Fsp3) is 0.400. The number of benzene rings is 1. The molecule has 0 saturated heterocycles. The molecule has 0 bridgehead atoms. The molecule has 1 rings (SSSR count). The second-order valence-corrected chi connectivity index (χ2v) is 3.41. The maximum Gasteiger partial charge on any atom is 0.279 e. The van der Waals surface area contributed by atoms with Crippen LogP contribution in [-0.4, -0.2) is 21.7 Å². The topological polar surface area (TPSA) is 83.6 Å². The zero-order valence-electron chi connectivity index (χ0n) is 8.65. The third-order valence-corrected chi connectivity index (χ3v) is 2.34. The lowest BCUT2D eigenvalue weighted by atomic mass is 10.0. The summed E-state index contributed by atoms with van der Waals surface area (Å²) in [5.74, 6) is -0.0524. The largest absolute Gasteiger partial charge is 0.507 e. The Bertz CT molecular complexity index is 401. The van der Waals surface area contributed by atoms with Gasteiger partial charge in [0.05, 0.1) is 10.5 Å². The number of nitrogens with zero attached hydrogens (tertiary/aromatic N) is 1. The lowest BCUT2D eigenvalue weighted by Crippen LogP contribution is -2.02. The van der Waals surface area contributed by atoms with Gasteiger partial charge in [-0.2, -0.15) is 0 Å². The molecule has 2 N–H and O–H groups in total. The van der Waals surface area contributed by atoms with Gasteiger partial charge < -0.3 is 10.2 Å². The molecule has 0 radical (unpaired) electrons. The van der Waals surface area contributed by atoms with Gasteiger partial charge in [-0.3, -0.25) is 10.1 Å². The van der Waals surface area contributed by atoms with Crippen LogP contribution in [-0.2, 0) is 6.42 Å². The molecule has 0 unspecified atom stereocenters. The molecule has 0 heterocycles. The summed E-state index contributed by atoms with van der Waals surface area (Å²) in [7, 11) is 0. The highest BCUT2D eigenvalue weighted by Crippen LogP contribution is 2.33. The summed E-state index contributed by atoms with van der Waals surface area (Å²) in [6.07, 6.45) is 0.221. The Morgan fingerprint density at radius 2 is 2.07 bits per heavy atom. The van der Waals surface area contributed by atoms with Gasteiger partial charge in [0, 0.05) is 18.6 Å². The van der Waals surface area contributed by atoms with E-state index in [0.29, 0.717) is 11.1 Å². The number of hydrogen-bond acceptors (Lipinski definition) is 4. The molecule has 5 nitrogen and oxygen atoms in total. The number of aryl methyl sites for hydroxylation is 1. The maximum absolute atomic E-state index is 10.8. The maximum atomic E-state index is 10.8. The number of phenolic OH excluding ortho intramolecular Hbond substituents is 1. The van der Waals surface area contributed by atoms with Crippen LogP contribution in [0.1, 0.15) is 16.7 Å². The molecule has 0 aromatic heterocycles. The van der Waals surface area contributed by atoms with Crippen LogP contribution in [0, 0.1) is 24.0 Å². The minimum Gasteiger partial charge on any atom is -0.507 e. The molecule has 1 aromatic carbocycles. The summed E-state index contributed by atoms with van der Waals surface area (Å²) in [5.41, 5.74) is 1.19. The summed E-state index contributed by atoms with van der Waals surface area (Å²) >= 11 is 0. The Kier molecular flexibility index (Phi) is 3.26. The van der Waals surface area contributed by atoms with E-state index in [1.54, 1.807) is 6.92 Å². The molecule has 0 aliphatic carbocycles. The second kappa shape index (κ2) is 4.27. The zero-order chi connectivity index (χ0) is 11.6. The fourth-order valence-corrected chi connectivity index (χ4v) is 1.61. The van der Waals surface area contributed by atoms with Gasteiger partial charge in [0.1, 0.15) is 5.75 Å². The van der Waals surface area contributed by atoms with Crippen molar-refractivity contribution in [2.45, 2.75) is 20.3 Å². The van der Waals surface area contributed by atoms with Gasteiger partial charge >= 0.3 is 0 Å². The SMILES string of the molecule is Cc1cc(CCO)c([N+](=O)[O-])c(C)c1O. The average Bonchev–Trinajstić information content (AvgIpc) is 2.14. The van der Waals surface area contributed by atoms with E-state index in [1.165, 1.54) is 13.0 Å². The quantitative estimate of drug-likeness (QED) is 0.585. The van der Waals surface area contributed by atoms with E-state index in [4.69, 9.17) is 5.11 Å². The summed E-state index contributed by atoms with van der Waals surface area (Å²) in [6.45, 7) is 3.03. The summed E-state index contributed by atoms with van der Waals surface area (Å²) in [4.78, 5) is 10.3. The normalized spacial score (nSPS) is 10.3. The van der Waals surface area contributed by atoms with Crippen molar-refractivity contribution in [3.8, 4) is 5.75 Å². The molecule has 0 saturated carbocycles. The molecule has 1 aromatic rings. The number of aliphatic hydroxyl groups excluding tert-OH is 1. The molecule has 0 aliphatic rings. The first kappa shape index (κ1) is 11.5. The van der Waals surface area contributed by atoms with E-state index >= 15 is 0 Å². The number of nitro benzene ring substituents is 1. The summed E-state index contributed by atoms with van der Waals surface area (Å²) in [5, 5.41) is 29.1. The van der Waals surface area contributed by atoms with Gasteiger partial charge in [-0.25, -0.2) is 0 Å². The van der Waals surface area contributed by atoms with Crippen LogP contribution >= 0.6 is 0 Å². The number of hydrogen-bond donors (Lipinski definition) is 2. The van der Waals surface area contributed by atoms with Crippen LogP contribution in [0.15, 0.2) is 6.07 Å². The number of rotatable bonds is 3. The number of nitro groups is 1. The van der Waals surface area contributed by atoms with Gasteiger partial charge in [0.15, 0.2) is 0 Å². The van der Waals surface area contributed by atoms with Crippen molar-refractivity contribution in [3.63, 3.8) is 0 Å². The van der Waals surface area contributed by atoms with Crippen LogP contribution in [0.4, 0.5) is 5.69 Å². The highest BCUT2D eigenvalue weighted by atomic mass is 16.6. The molecular weight excluding hydrogens is 198 g/mol. The van der Waals surface area contributed by atoms with E-state index in [0.717, 1.165) is 0 Å². The van der Waals surface area contributed by atoms with E-state index in [2.05, 4.69) is 0 Å². The first-order valence-corrected chi connectivity index (χ1v) is 4.56. The molecular formula is C10H13NO4. The highest BCUT2D eigenvalue weighted by Gasteiger charge is 2.21. The van der Waals surface area contributed by atoms with Crippen LogP contribution < -0.4 is 0 Å². The Balaban J connectivity index is 3.43. The summed E-state index contributed by atoms with van der Waals surface area (Å²) in [6, 6.07) is 1.54. The summed E-state index contributed by atoms with van der Waals surface area (Å²) < 4.78 is 0. The van der Waals surface area contributed by atoms with E-state index in [9.17, 15) is 15.2 Å². The van der Waals surface area contributed by atoms with Crippen molar-refractivity contribution in [2.24, 2.45) is 0 Å². The smallest absolute Gasteiger partial charge is 0.279 e. The van der Waals surface area contributed by atoms with Gasteiger partial charge in [-0.1, -0.05) is 0 Å². The predicted octanol–water partition coefficient (Wildman–Crippen LogP) is 1.45. The Morgan fingerprint density at radius 1 is 1.47 bits per heavy atom. The van der Waals surface area contributed by atoms with Crippen molar-refractivity contribution in [3.05, 3.63) is 32.9 Å². The Hall–Kier alpha value is -1.62. The van der Waals surface area contributed by atoms with E-state index in [-0.39, 0.29) is 30.0 Å². The minimum atomic E-state index is -0.528. The van der Waals surface area contributed by atoms with E-state index < -0.39 is 4.92 Å². The third kappa shape index (κ3) is 2.07. The molecule has 0 amide bonds. The van der Waals surface area contributed by atoms with Gasteiger partial charge in [-0.15, -0.1) is 0 Å². The molecule has 15 heavy (non-hydrogen) atoms. The first-order valence-electron chi connectivity index (χ1n) is 4.56. The van der Waals surface area contributed by atoms with Crippen molar-refractivity contribution >= 4 is 5.69 Å². The van der Waals surface area contributed by atoms with Crippen LogP contribution in [0.3, 0.4) is 0 Å². The highest BCUT2D eigenvalue weighted by molar-refractivity contribution is 5.57.